The summed E-state index contributed by atoms with van der Waals surface area (Å²) in [6, 6.07) is 13.1. The number of carbonyl (C=O) groups excluding carboxylic acids is 2. The van der Waals surface area contributed by atoms with Crippen LogP contribution in [-0.2, 0) is 9.47 Å². The lowest BCUT2D eigenvalue weighted by Crippen LogP contribution is -2.36. The Morgan fingerprint density at radius 1 is 1.13 bits per heavy atom. The molecule has 2 atom stereocenters. The molecule has 1 saturated heterocycles. The zero-order valence-electron chi connectivity index (χ0n) is 17.0. The number of rotatable bonds is 4. The molecule has 31 heavy (non-hydrogen) atoms. The SMILES string of the molecule is COC(=O)c1ccc([C@H]2c3c(oc4ccccc4c3=O)C(=O)N2C[C@@H]2CCCO2)cc1. The maximum atomic E-state index is 13.4. The molecule has 158 valence electrons. The molecular formula is C24H21NO6. The molecule has 0 unspecified atom stereocenters. The highest BCUT2D eigenvalue weighted by molar-refractivity contribution is 5.99. The monoisotopic (exact) mass is 419 g/mol. The van der Waals surface area contributed by atoms with Gasteiger partial charge in [0.15, 0.2) is 5.43 Å². The minimum absolute atomic E-state index is 0.0729. The van der Waals surface area contributed by atoms with E-state index in [9.17, 15) is 14.4 Å². The lowest BCUT2D eigenvalue weighted by atomic mass is 9.97. The predicted octanol–water partition coefficient (Wildman–Crippen LogP) is 3.30. The lowest BCUT2D eigenvalue weighted by molar-refractivity contribution is 0.0486. The van der Waals surface area contributed by atoms with Crippen LogP contribution >= 0.6 is 0 Å². The Morgan fingerprint density at radius 3 is 2.61 bits per heavy atom. The van der Waals surface area contributed by atoms with Crippen LogP contribution < -0.4 is 5.43 Å². The van der Waals surface area contributed by atoms with Gasteiger partial charge >= 0.3 is 5.97 Å². The predicted molar refractivity (Wildman–Crippen MR) is 112 cm³/mol. The van der Waals surface area contributed by atoms with Crippen molar-refractivity contribution in [3.05, 3.63) is 81.2 Å². The summed E-state index contributed by atoms with van der Waals surface area (Å²) in [6.07, 6.45) is 1.72. The number of esters is 1. The molecule has 7 nitrogen and oxygen atoms in total. The Bertz CT molecular complexity index is 1220. The zero-order valence-corrected chi connectivity index (χ0v) is 17.0. The maximum Gasteiger partial charge on any atom is 0.337 e. The first-order valence-electron chi connectivity index (χ1n) is 10.2. The molecule has 5 rings (SSSR count). The minimum atomic E-state index is -0.612. The summed E-state index contributed by atoms with van der Waals surface area (Å²) in [5.74, 6) is -0.699. The highest BCUT2D eigenvalue weighted by atomic mass is 16.5. The van der Waals surface area contributed by atoms with E-state index in [-0.39, 0.29) is 23.2 Å². The molecular weight excluding hydrogens is 398 g/mol. The van der Waals surface area contributed by atoms with E-state index in [4.69, 9.17) is 13.9 Å². The normalized spacial score (nSPS) is 20.3. The Balaban J connectivity index is 1.65. The molecule has 0 N–H and O–H groups in total. The van der Waals surface area contributed by atoms with Gasteiger partial charge in [-0.05, 0) is 42.7 Å². The summed E-state index contributed by atoms with van der Waals surface area (Å²) in [5, 5.41) is 0.434. The minimum Gasteiger partial charge on any atom is -0.465 e. The van der Waals surface area contributed by atoms with Crippen molar-refractivity contribution in [1.82, 2.24) is 4.90 Å². The van der Waals surface area contributed by atoms with Gasteiger partial charge in [0.05, 0.1) is 35.8 Å². The molecule has 0 radical (unpaired) electrons. The first-order valence-corrected chi connectivity index (χ1v) is 10.2. The Kier molecular flexibility index (Phi) is 4.82. The van der Waals surface area contributed by atoms with E-state index < -0.39 is 12.0 Å². The number of amides is 1. The summed E-state index contributed by atoms with van der Waals surface area (Å²) in [7, 11) is 1.32. The first kappa shape index (κ1) is 19.5. The second kappa shape index (κ2) is 7.67. The third kappa shape index (κ3) is 3.21. The van der Waals surface area contributed by atoms with Crippen LogP contribution in [0, 0.1) is 0 Å². The molecule has 1 aromatic heterocycles. The van der Waals surface area contributed by atoms with Crippen molar-refractivity contribution in [3.63, 3.8) is 0 Å². The van der Waals surface area contributed by atoms with Crippen molar-refractivity contribution in [2.45, 2.75) is 25.0 Å². The van der Waals surface area contributed by atoms with Crippen molar-refractivity contribution in [2.24, 2.45) is 0 Å². The average Bonchev–Trinajstić information content (AvgIpc) is 3.41. The van der Waals surface area contributed by atoms with Gasteiger partial charge in [-0.25, -0.2) is 4.79 Å². The standard InChI is InChI=1S/C24H21NO6/c1-29-24(28)15-10-8-14(9-11-15)20-19-21(26)17-6-2-3-7-18(17)31-22(19)23(27)25(20)13-16-5-4-12-30-16/h2-3,6-11,16,20H,4-5,12-13H2,1H3/t16-,20-/m0/s1. The van der Waals surface area contributed by atoms with Gasteiger partial charge in [0, 0.05) is 13.2 Å². The van der Waals surface area contributed by atoms with Gasteiger partial charge in [0.1, 0.15) is 5.58 Å². The number of ether oxygens (including phenoxy) is 2. The van der Waals surface area contributed by atoms with Gasteiger partial charge in [0.25, 0.3) is 5.91 Å². The molecule has 0 aliphatic carbocycles. The van der Waals surface area contributed by atoms with Crippen LogP contribution in [0.2, 0.25) is 0 Å². The molecule has 7 heteroatoms. The van der Waals surface area contributed by atoms with E-state index in [1.165, 1.54) is 7.11 Å². The van der Waals surface area contributed by atoms with Crippen LogP contribution in [0.25, 0.3) is 11.0 Å². The van der Waals surface area contributed by atoms with Gasteiger partial charge in [0.2, 0.25) is 5.76 Å². The molecule has 3 aromatic rings. The fourth-order valence-corrected chi connectivity index (χ4v) is 4.43. The summed E-state index contributed by atoms with van der Waals surface area (Å²) in [5.41, 5.74) is 1.61. The number of para-hydroxylation sites is 1. The number of fused-ring (bicyclic) bond motifs is 2. The quantitative estimate of drug-likeness (QED) is 0.603. The Morgan fingerprint density at radius 2 is 1.90 bits per heavy atom. The fraction of sp³-hybridized carbons (Fsp3) is 0.292. The molecule has 2 aliphatic heterocycles. The smallest absolute Gasteiger partial charge is 0.337 e. The van der Waals surface area contributed by atoms with Gasteiger partial charge < -0.3 is 18.8 Å². The molecule has 2 aromatic carbocycles. The lowest BCUT2D eigenvalue weighted by Gasteiger charge is -2.27. The molecule has 2 aliphatic rings. The number of carbonyl (C=O) groups is 2. The van der Waals surface area contributed by atoms with Crippen molar-refractivity contribution < 1.29 is 23.5 Å². The van der Waals surface area contributed by atoms with Crippen molar-refractivity contribution in [3.8, 4) is 0 Å². The second-order valence-corrected chi connectivity index (χ2v) is 7.78. The van der Waals surface area contributed by atoms with Crippen LogP contribution in [-0.4, -0.2) is 43.1 Å². The number of methoxy groups -OCH3 is 1. The van der Waals surface area contributed by atoms with Gasteiger partial charge in [-0.15, -0.1) is 0 Å². The third-order valence-corrected chi connectivity index (χ3v) is 5.95. The molecule has 0 saturated carbocycles. The highest BCUT2D eigenvalue weighted by Gasteiger charge is 2.43. The van der Waals surface area contributed by atoms with Gasteiger partial charge in [-0.3, -0.25) is 9.59 Å². The number of hydrogen-bond donors (Lipinski definition) is 0. The van der Waals surface area contributed by atoms with Crippen LogP contribution in [0.1, 0.15) is 50.9 Å². The zero-order chi connectivity index (χ0) is 21.5. The number of benzene rings is 2. The topological polar surface area (TPSA) is 86.0 Å². The maximum absolute atomic E-state index is 13.4. The van der Waals surface area contributed by atoms with Crippen LogP contribution in [0.5, 0.6) is 0 Å². The van der Waals surface area contributed by atoms with Crippen LogP contribution in [0.4, 0.5) is 0 Å². The molecule has 1 amide bonds. The van der Waals surface area contributed by atoms with E-state index in [2.05, 4.69) is 0 Å². The molecule has 3 heterocycles. The summed E-state index contributed by atoms with van der Waals surface area (Å²) in [6.45, 7) is 1.03. The number of hydrogen-bond acceptors (Lipinski definition) is 6. The summed E-state index contributed by atoms with van der Waals surface area (Å²) < 4.78 is 16.4. The van der Waals surface area contributed by atoms with Crippen molar-refractivity contribution in [2.75, 3.05) is 20.3 Å². The average molecular weight is 419 g/mol. The van der Waals surface area contributed by atoms with E-state index in [0.29, 0.717) is 35.2 Å². The van der Waals surface area contributed by atoms with E-state index in [1.807, 2.05) is 0 Å². The van der Waals surface area contributed by atoms with E-state index in [0.717, 1.165) is 18.4 Å². The Hall–Kier alpha value is -3.45. The van der Waals surface area contributed by atoms with Crippen LogP contribution in [0.3, 0.4) is 0 Å². The van der Waals surface area contributed by atoms with Crippen molar-refractivity contribution in [1.29, 1.82) is 0 Å². The second-order valence-electron chi connectivity index (χ2n) is 7.78. The summed E-state index contributed by atoms with van der Waals surface area (Å²) in [4.78, 5) is 40.2. The molecule has 1 fully saturated rings. The first-order chi connectivity index (χ1) is 15.1. The van der Waals surface area contributed by atoms with Crippen molar-refractivity contribution >= 4 is 22.8 Å². The van der Waals surface area contributed by atoms with E-state index >= 15 is 0 Å². The number of nitrogens with zero attached hydrogens (tertiary/aromatic N) is 1. The van der Waals surface area contributed by atoms with Gasteiger partial charge in [-0.1, -0.05) is 24.3 Å². The highest BCUT2D eigenvalue weighted by Crippen LogP contribution is 2.39. The van der Waals surface area contributed by atoms with E-state index in [1.54, 1.807) is 53.4 Å². The fourth-order valence-electron chi connectivity index (χ4n) is 4.43. The summed E-state index contributed by atoms with van der Waals surface area (Å²) >= 11 is 0. The van der Waals surface area contributed by atoms with Gasteiger partial charge in [-0.2, -0.15) is 0 Å². The molecule has 0 spiro atoms. The largest absolute Gasteiger partial charge is 0.465 e. The van der Waals surface area contributed by atoms with Crippen LogP contribution in [0.15, 0.2) is 57.7 Å². The molecule has 0 bridgehead atoms. The third-order valence-electron chi connectivity index (χ3n) is 5.95. The Labute approximate surface area is 178 Å².